The molecule has 2 unspecified atom stereocenters. The van der Waals surface area contributed by atoms with Gasteiger partial charge in [0.05, 0.1) is 12.0 Å². The maximum atomic E-state index is 12.1. The minimum atomic E-state index is -0.000531. The molecular weight excluding hydrogens is 216 g/mol. The minimum absolute atomic E-state index is 0.000531. The van der Waals surface area contributed by atoms with Crippen LogP contribution in [-0.2, 0) is 4.79 Å². The molecule has 0 radical (unpaired) electrons. The predicted octanol–water partition coefficient (Wildman–Crippen LogP) is 0.977. The first-order chi connectivity index (χ1) is 8.31. The molecule has 1 aromatic heterocycles. The zero-order valence-corrected chi connectivity index (χ0v) is 10.2. The number of H-pyrrole nitrogens is 1. The first kappa shape index (κ1) is 12.1. The molecule has 1 amide bonds. The number of carbonyl (C=O) groups excluding carboxylic acids is 1. The zero-order valence-electron chi connectivity index (χ0n) is 10.2. The van der Waals surface area contributed by atoms with E-state index in [1.54, 1.807) is 12.4 Å². The average molecular weight is 236 g/mol. The summed E-state index contributed by atoms with van der Waals surface area (Å²) in [7, 11) is 0. The molecule has 1 aromatic rings. The second kappa shape index (κ2) is 5.82. The Morgan fingerprint density at radius 3 is 3.18 bits per heavy atom. The third kappa shape index (κ3) is 3.06. The van der Waals surface area contributed by atoms with Gasteiger partial charge in [-0.15, -0.1) is 0 Å². The quantitative estimate of drug-likeness (QED) is 0.729. The average Bonchev–Trinajstić information content (AvgIpc) is 2.90. The highest BCUT2D eigenvalue weighted by molar-refractivity contribution is 5.79. The number of nitrogens with one attached hydrogen (secondary N) is 3. The summed E-state index contributed by atoms with van der Waals surface area (Å²) in [5.74, 6) is 1.08. The van der Waals surface area contributed by atoms with Crippen LogP contribution in [0.1, 0.15) is 38.1 Å². The molecule has 1 aliphatic rings. The summed E-state index contributed by atoms with van der Waals surface area (Å²) < 4.78 is 0. The third-order valence-corrected chi connectivity index (χ3v) is 3.24. The van der Waals surface area contributed by atoms with Crippen molar-refractivity contribution < 1.29 is 4.79 Å². The number of rotatable bonds is 4. The number of aromatic amines is 1. The van der Waals surface area contributed by atoms with Crippen molar-refractivity contribution in [2.24, 2.45) is 5.92 Å². The van der Waals surface area contributed by atoms with Crippen molar-refractivity contribution in [3.8, 4) is 0 Å². The highest BCUT2D eigenvalue weighted by Gasteiger charge is 2.23. The molecule has 1 fully saturated rings. The summed E-state index contributed by atoms with van der Waals surface area (Å²) in [6.45, 7) is 3.87. The van der Waals surface area contributed by atoms with E-state index in [0.717, 1.165) is 38.2 Å². The topological polar surface area (TPSA) is 69.8 Å². The molecular formula is C12H20N4O. The smallest absolute Gasteiger partial charge is 0.224 e. The Bertz CT molecular complexity index is 343. The first-order valence-corrected chi connectivity index (χ1v) is 6.31. The van der Waals surface area contributed by atoms with E-state index in [1.807, 2.05) is 6.92 Å². The van der Waals surface area contributed by atoms with Crippen LogP contribution in [0.25, 0.3) is 0 Å². The summed E-state index contributed by atoms with van der Waals surface area (Å²) in [4.78, 5) is 19.3. The van der Waals surface area contributed by atoms with Gasteiger partial charge in [-0.2, -0.15) is 0 Å². The van der Waals surface area contributed by atoms with Gasteiger partial charge in [-0.1, -0.05) is 6.92 Å². The highest BCUT2D eigenvalue weighted by atomic mass is 16.2. The fourth-order valence-electron chi connectivity index (χ4n) is 2.20. The van der Waals surface area contributed by atoms with Gasteiger partial charge in [0.2, 0.25) is 5.91 Å². The number of imidazole rings is 1. The van der Waals surface area contributed by atoms with E-state index >= 15 is 0 Å². The fourth-order valence-corrected chi connectivity index (χ4v) is 2.20. The van der Waals surface area contributed by atoms with Crippen LogP contribution in [0.15, 0.2) is 12.4 Å². The number of hydrogen-bond acceptors (Lipinski definition) is 3. The van der Waals surface area contributed by atoms with Crippen LogP contribution in [0.3, 0.4) is 0 Å². The second-order valence-electron chi connectivity index (χ2n) is 4.49. The van der Waals surface area contributed by atoms with Gasteiger partial charge in [0.1, 0.15) is 5.82 Å². The van der Waals surface area contributed by atoms with Crippen LogP contribution < -0.4 is 10.6 Å². The van der Waals surface area contributed by atoms with Crippen molar-refractivity contribution in [3.63, 3.8) is 0 Å². The number of hydrogen-bond donors (Lipinski definition) is 3. The number of carbonyl (C=O) groups is 1. The summed E-state index contributed by atoms with van der Waals surface area (Å²) in [5, 5.41) is 6.32. The van der Waals surface area contributed by atoms with E-state index in [-0.39, 0.29) is 17.9 Å². The van der Waals surface area contributed by atoms with E-state index in [0.29, 0.717) is 0 Å². The summed E-state index contributed by atoms with van der Waals surface area (Å²) in [6, 6.07) is -0.000531. The molecule has 0 aliphatic carbocycles. The highest BCUT2D eigenvalue weighted by Crippen LogP contribution is 2.15. The van der Waals surface area contributed by atoms with Crippen LogP contribution in [0.2, 0.25) is 0 Å². The molecule has 5 heteroatoms. The molecule has 2 rings (SSSR count). The van der Waals surface area contributed by atoms with Gasteiger partial charge in [0, 0.05) is 18.9 Å². The molecule has 17 heavy (non-hydrogen) atoms. The molecule has 2 atom stereocenters. The van der Waals surface area contributed by atoms with Crippen LogP contribution in [0.5, 0.6) is 0 Å². The lowest BCUT2D eigenvalue weighted by Crippen LogP contribution is -2.41. The van der Waals surface area contributed by atoms with Crippen LogP contribution in [-0.4, -0.2) is 29.0 Å². The first-order valence-electron chi connectivity index (χ1n) is 6.31. The Morgan fingerprint density at radius 2 is 2.59 bits per heavy atom. The molecule has 1 aliphatic heterocycles. The van der Waals surface area contributed by atoms with Gasteiger partial charge in [0.15, 0.2) is 0 Å². The van der Waals surface area contributed by atoms with E-state index in [9.17, 15) is 4.79 Å². The van der Waals surface area contributed by atoms with Crippen molar-refractivity contribution in [1.29, 1.82) is 0 Å². The zero-order chi connectivity index (χ0) is 12.1. The molecule has 0 spiro atoms. The lowest BCUT2D eigenvalue weighted by Gasteiger charge is -2.24. The Kier molecular flexibility index (Phi) is 4.14. The largest absolute Gasteiger partial charge is 0.347 e. The van der Waals surface area contributed by atoms with Crippen molar-refractivity contribution in [2.75, 3.05) is 13.1 Å². The van der Waals surface area contributed by atoms with Gasteiger partial charge in [0.25, 0.3) is 0 Å². The molecule has 0 bridgehead atoms. The number of amides is 1. The SMILES string of the molecule is CCC(NC(=O)C1CCCNC1)c1ncc[nH]1. The summed E-state index contributed by atoms with van der Waals surface area (Å²) in [6.07, 6.45) is 6.40. The Morgan fingerprint density at radius 1 is 1.71 bits per heavy atom. The van der Waals surface area contributed by atoms with Crippen LogP contribution in [0, 0.1) is 5.92 Å². The van der Waals surface area contributed by atoms with Gasteiger partial charge in [-0.3, -0.25) is 4.79 Å². The van der Waals surface area contributed by atoms with Crippen LogP contribution in [0.4, 0.5) is 0 Å². The van der Waals surface area contributed by atoms with Gasteiger partial charge in [-0.05, 0) is 25.8 Å². The Labute approximate surface area is 101 Å². The minimum Gasteiger partial charge on any atom is -0.347 e. The van der Waals surface area contributed by atoms with Crippen molar-refractivity contribution in [1.82, 2.24) is 20.6 Å². The molecule has 1 saturated heterocycles. The van der Waals surface area contributed by atoms with Gasteiger partial charge < -0.3 is 15.6 Å². The maximum absolute atomic E-state index is 12.1. The predicted molar refractivity (Wildman–Crippen MR) is 65.4 cm³/mol. The molecule has 2 heterocycles. The van der Waals surface area contributed by atoms with Gasteiger partial charge in [-0.25, -0.2) is 4.98 Å². The maximum Gasteiger partial charge on any atom is 0.224 e. The van der Waals surface area contributed by atoms with E-state index < -0.39 is 0 Å². The third-order valence-electron chi connectivity index (χ3n) is 3.24. The normalized spacial score (nSPS) is 22.1. The lowest BCUT2D eigenvalue weighted by molar-refractivity contribution is -0.126. The monoisotopic (exact) mass is 236 g/mol. The second-order valence-corrected chi connectivity index (χ2v) is 4.49. The molecule has 3 N–H and O–H groups in total. The summed E-state index contributed by atoms with van der Waals surface area (Å²) in [5.41, 5.74) is 0. The molecule has 94 valence electrons. The van der Waals surface area contributed by atoms with E-state index in [4.69, 9.17) is 0 Å². The number of nitrogens with zero attached hydrogens (tertiary/aromatic N) is 1. The number of aromatic nitrogens is 2. The van der Waals surface area contributed by atoms with E-state index in [2.05, 4.69) is 20.6 Å². The molecule has 5 nitrogen and oxygen atoms in total. The lowest BCUT2D eigenvalue weighted by atomic mass is 9.98. The molecule has 0 saturated carbocycles. The van der Waals surface area contributed by atoms with E-state index in [1.165, 1.54) is 0 Å². The van der Waals surface area contributed by atoms with Crippen molar-refractivity contribution in [3.05, 3.63) is 18.2 Å². The van der Waals surface area contributed by atoms with Crippen molar-refractivity contribution in [2.45, 2.75) is 32.2 Å². The Balaban J connectivity index is 1.92. The summed E-state index contributed by atoms with van der Waals surface area (Å²) >= 11 is 0. The van der Waals surface area contributed by atoms with Crippen molar-refractivity contribution >= 4 is 5.91 Å². The molecule has 0 aromatic carbocycles. The standard InChI is InChI=1S/C12H20N4O/c1-2-10(11-14-6-7-15-11)16-12(17)9-4-3-5-13-8-9/h6-7,9-10,13H,2-5,8H2,1H3,(H,14,15)(H,16,17). The van der Waals surface area contributed by atoms with Gasteiger partial charge >= 0.3 is 0 Å². The Hall–Kier alpha value is -1.36. The number of piperidine rings is 1. The fraction of sp³-hybridized carbons (Fsp3) is 0.667. The van der Waals surface area contributed by atoms with Crippen LogP contribution >= 0.6 is 0 Å².